The number of anilines is 1. The summed E-state index contributed by atoms with van der Waals surface area (Å²) in [6.07, 6.45) is 8.47. The number of hydrogen-bond acceptors (Lipinski definition) is 21. The third-order valence-corrected chi connectivity index (χ3v) is 17.7. The quantitative estimate of drug-likeness (QED) is 0.0375. The summed E-state index contributed by atoms with van der Waals surface area (Å²) >= 11 is 0. The van der Waals surface area contributed by atoms with Crippen molar-refractivity contribution in [2.24, 2.45) is 0 Å². The first-order chi connectivity index (χ1) is 35.2. The average Bonchev–Trinajstić information content (AvgIpc) is 3.84. The molecule has 28 heteroatoms. The summed E-state index contributed by atoms with van der Waals surface area (Å²) in [5.41, 5.74) is -0.200. The second kappa shape index (κ2) is 21.2. The van der Waals surface area contributed by atoms with Gasteiger partial charge in [-0.25, -0.2) is 46.9 Å². The predicted molar refractivity (Wildman–Crippen MR) is 265 cm³/mol. The first-order valence-corrected chi connectivity index (χ1v) is 30.4. The molecule has 76 heavy (non-hydrogen) atoms. The smallest absolute Gasteiger partial charge is 0.333 e. The number of amides is 2. The molecule has 4 aromatic carbocycles. The van der Waals surface area contributed by atoms with E-state index in [2.05, 4.69) is 0 Å². The standard InChI is InChI=1S/C48H53N3O20S5/c1-47(2)40(49(22-10-6-9-14-44(54)71-51-42(52)19-20-43(51)53)36-17-15-32-34(45(36)47)26-30(73(58,59)60)28-38(32)75(64,65)66)12-7-5-8-13-41-48(3,21-11-25-72(55,56)57)46-35-27-31(74(61,62)63)29-39(76(67,68)69)33(35)16-18-37(46)50(41)23-24-70-4/h5,7-8,12-13,15-18,26-29H,6,9-11,14,19-25H2,1-4H3,(H4-,55,56,57,58,59,60,61,62,63,64,65,66,67,68,69)/p-4. The Kier molecular flexibility index (Phi) is 16.2. The number of methoxy groups -OCH3 is 1. The zero-order chi connectivity index (χ0) is 56.1. The van der Waals surface area contributed by atoms with Crippen LogP contribution in [0.15, 0.2) is 104 Å². The number of benzene rings is 4. The number of allylic oxidation sites excluding steroid dienone is 6. The molecule has 0 N–H and O–H groups in total. The molecule has 0 aromatic heterocycles. The van der Waals surface area contributed by atoms with Crippen LogP contribution in [0.25, 0.3) is 21.5 Å². The third kappa shape index (κ3) is 11.9. The molecule has 3 aliphatic rings. The Bertz CT molecular complexity index is 3810. The summed E-state index contributed by atoms with van der Waals surface area (Å²) < 4.78 is 193. The monoisotopic (exact) mass is 1150 g/mol. The van der Waals surface area contributed by atoms with E-state index in [1.54, 1.807) is 62.1 Å². The lowest BCUT2D eigenvalue weighted by Gasteiger charge is -2.31. The number of hydroxylamine groups is 2. The van der Waals surface area contributed by atoms with Gasteiger partial charge in [-0.15, -0.1) is 5.06 Å². The Morgan fingerprint density at radius 3 is 1.79 bits per heavy atom. The summed E-state index contributed by atoms with van der Waals surface area (Å²) in [4.78, 5) is 39.2. The number of carbonyl (C=O) groups excluding carboxylic acids is 3. The van der Waals surface area contributed by atoms with E-state index in [0.29, 0.717) is 58.4 Å². The van der Waals surface area contributed by atoms with Crippen LogP contribution in [-0.4, -0.2) is 131 Å². The van der Waals surface area contributed by atoms with Crippen molar-refractivity contribution in [3.63, 3.8) is 0 Å². The van der Waals surface area contributed by atoms with E-state index in [1.807, 2.05) is 4.58 Å². The molecule has 0 saturated carbocycles. The van der Waals surface area contributed by atoms with Crippen LogP contribution in [0.3, 0.4) is 0 Å². The molecule has 1 saturated heterocycles. The van der Waals surface area contributed by atoms with Crippen LogP contribution in [0.1, 0.15) is 83.3 Å². The fourth-order valence-electron chi connectivity index (χ4n) is 10.2. The Labute approximate surface area is 438 Å². The maximum absolute atomic E-state index is 12.6. The molecule has 410 valence electrons. The summed E-state index contributed by atoms with van der Waals surface area (Å²) in [6.45, 7) is 5.52. The van der Waals surface area contributed by atoms with Gasteiger partial charge in [0.2, 0.25) is 5.69 Å². The van der Waals surface area contributed by atoms with Crippen LogP contribution in [0.4, 0.5) is 11.4 Å². The van der Waals surface area contributed by atoms with Gasteiger partial charge < -0.3 is 37.2 Å². The Balaban J connectivity index is 1.32. The fourth-order valence-corrected chi connectivity index (χ4v) is 13.4. The van der Waals surface area contributed by atoms with E-state index in [9.17, 15) is 79.2 Å². The Morgan fingerprint density at radius 2 is 1.25 bits per heavy atom. The molecular formula is C48H49N3O20S5-4. The van der Waals surface area contributed by atoms with Crippen molar-refractivity contribution in [1.82, 2.24) is 5.06 Å². The van der Waals surface area contributed by atoms with Crippen LogP contribution >= 0.6 is 0 Å². The van der Waals surface area contributed by atoms with Gasteiger partial charge in [-0.1, -0.05) is 24.3 Å². The molecule has 1 unspecified atom stereocenters. The summed E-state index contributed by atoms with van der Waals surface area (Å²) in [7, 11) is -24.8. The highest BCUT2D eigenvalue weighted by molar-refractivity contribution is 7.87. The molecule has 0 radical (unpaired) electrons. The fraction of sp³-hybridized carbons (Fsp3) is 0.375. The number of unbranched alkanes of at least 4 members (excludes halogenated alkanes) is 2. The molecule has 1 fully saturated rings. The number of nitrogens with zero attached hydrogens (tertiary/aromatic N) is 3. The van der Waals surface area contributed by atoms with Crippen molar-refractivity contribution >= 4 is 107 Å². The second-order valence-electron chi connectivity index (χ2n) is 18.9. The van der Waals surface area contributed by atoms with Gasteiger partial charge in [0.15, 0.2) is 5.71 Å². The SMILES string of the molecule is COCCN1C(=CC=CC=CC2=[N+](CCCCCC(=O)ON3C(=O)CCC3=O)c3ccc4c(S(=O)(=O)[O-])cc(S(=O)(=O)[O-])cc4c3C2(C)C)C(C)(CCCS(=O)(=O)[O-])c2c1ccc1c(S(=O)(=O)[O-])cc(S(=O)(=O)[O-])cc21. The van der Waals surface area contributed by atoms with Crippen LogP contribution < -0.4 is 4.90 Å². The molecule has 3 aliphatic heterocycles. The number of carbonyl (C=O) groups is 3. The van der Waals surface area contributed by atoms with Gasteiger partial charge in [0.25, 0.3) is 11.8 Å². The number of fused-ring (bicyclic) bond motifs is 6. The topological polar surface area (TPSA) is 365 Å². The minimum absolute atomic E-state index is 0.00948. The van der Waals surface area contributed by atoms with E-state index in [4.69, 9.17) is 9.57 Å². The number of imide groups is 1. The number of ether oxygens (including phenoxy) is 1. The van der Waals surface area contributed by atoms with Crippen molar-refractivity contribution in [3.8, 4) is 0 Å². The maximum atomic E-state index is 12.6. The minimum Gasteiger partial charge on any atom is -0.748 e. The van der Waals surface area contributed by atoms with Crippen molar-refractivity contribution in [2.75, 3.05) is 37.5 Å². The van der Waals surface area contributed by atoms with Gasteiger partial charge in [0.05, 0.1) is 41.7 Å². The minimum atomic E-state index is -5.40. The third-order valence-electron chi connectivity index (χ3n) is 13.5. The van der Waals surface area contributed by atoms with E-state index < -0.39 is 105 Å². The molecule has 2 amide bonds. The van der Waals surface area contributed by atoms with Gasteiger partial charge in [0.1, 0.15) is 47.0 Å². The normalized spacial score (nSPS) is 18.9. The second-order valence-corrected chi connectivity index (χ2v) is 25.9. The highest BCUT2D eigenvalue weighted by atomic mass is 32.2. The largest absolute Gasteiger partial charge is 0.748 e. The molecule has 0 bridgehead atoms. The van der Waals surface area contributed by atoms with E-state index >= 15 is 0 Å². The lowest BCUT2D eigenvalue weighted by atomic mass is 9.75. The summed E-state index contributed by atoms with van der Waals surface area (Å²) in [5, 5.41) is -0.0483. The van der Waals surface area contributed by atoms with Gasteiger partial charge in [0, 0.05) is 85.0 Å². The van der Waals surface area contributed by atoms with E-state index in [0.717, 1.165) is 12.1 Å². The van der Waals surface area contributed by atoms with Crippen LogP contribution in [-0.2, 0) is 85.4 Å². The average molecular weight is 1150 g/mol. The van der Waals surface area contributed by atoms with Crippen molar-refractivity contribution < 1.29 is 93.4 Å². The number of rotatable bonds is 21. The van der Waals surface area contributed by atoms with Gasteiger partial charge in [-0.2, -0.15) is 4.58 Å². The molecule has 0 aliphatic carbocycles. The summed E-state index contributed by atoms with van der Waals surface area (Å²) in [5.74, 6) is -2.89. The molecular weight excluding hydrogens is 1100 g/mol. The van der Waals surface area contributed by atoms with E-state index in [-0.39, 0.29) is 85.3 Å². The van der Waals surface area contributed by atoms with Crippen LogP contribution in [0.5, 0.6) is 0 Å². The first kappa shape index (κ1) is 57.9. The molecule has 7 rings (SSSR count). The van der Waals surface area contributed by atoms with Gasteiger partial charge in [-0.05, 0) is 111 Å². The molecule has 4 aromatic rings. The highest BCUT2D eigenvalue weighted by Crippen LogP contribution is 2.54. The van der Waals surface area contributed by atoms with Crippen molar-refractivity contribution in [2.45, 2.75) is 103 Å². The summed E-state index contributed by atoms with van der Waals surface area (Å²) in [6, 6.07) is 8.55. The first-order valence-electron chi connectivity index (χ1n) is 23.2. The van der Waals surface area contributed by atoms with Crippen LogP contribution in [0.2, 0.25) is 0 Å². The predicted octanol–water partition coefficient (Wildman–Crippen LogP) is 3.90. The van der Waals surface area contributed by atoms with Crippen LogP contribution in [0, 0.1) is 0 Å². The van der Waals surface area contributed by atoms with E-state index in [1.165, 1.54) is 25.3 Å². The van der Waals surface area contributed by atoms with Crippen molar-refractivity contribution in [3.05, 3.63) is 95.7 Å². The van der Waals surface area contributed by atoms with Crippen molar-refractivity contribution in [1.29, 1.82) is 0 Å². The maximum Gasteiger partial charge on any atom is 0.333 e. The lowest BCUT2D eigenvalue weighted by Crippen LogP contribution is -2.31. The Morgan fingerprint density at radius 1 is 0.684 bits per heavy atom. The molecule has 23 nitrogen and oxygen atoms in total. The van der Waals surface area contributed by atoms with Gasteiger partial charge in [-0.3, -0.25) is 9.59 Å². The highest BCUT2D eigenvalue weighted by Gasteiger charge is 2.47. The molecule has 1 atom stereocenters. The molecule has 3 heterocycles. The number of hydrogen-bond donors (Lipinski definition) is 0. The zero-order valence-electron chi connectivity index (χ0n) is 41.0. The zero-order valence-corrected chi connectivity index (χ0v) is 45.1. The van der Waals surface area contributed by atoms with Gasteiger partial charge >= 0.3 is 5.97 Å². The lowest BCUT2D eigenvalue weighted by molar-refractivity contribution is -0.438. The molecule has 0 spiro atoms. The Hall–Kier alpha value is -5.79.